The van der Waals surface area contributed by atoms with Crippen molar-refractivity contribution < 1.29 is 31.2 Å². The Balaban J connectivity index is 2.48. The second-order valence-corrected chi connectivity index (χ2v) is 11.3. The monoisotopic (exact) mass is 561 g/mol. The summed E-state index contributed by atoms with van der Waals surface area (Å²) in [5.74, 6) is -1.20. The van der Waals surface area contributed by atoms with Crippen molar-refractivity contribution >= 4 is 39.1 Å². The quantitative estimate of drug-likeness (QED) is 0.453. The third kappa shape index (κ3) is 8.36. The zero-order valence-electron chi connectivity index (χ0n) is 21.3. The molecular weight excluding hydrogens is 531 g/mol. The highest BCUT2D eigenvalue weighted by molar-refractivity contribution is 7.92. The van der Waals surface area contributed by atoms with E-state index in [1.807, 2.05) is 32.9 Å². The summed E-state index contributed by atoms with van der Waals surface area (Å²) in [5, 5.41) is 2.20. The summed E-state index contributed by atoms with van der Waals surface area (Å²) in [6.45, 7) is 6.24. The summed E-state index contributed by atoms with van der Waals surface area (Å²) in [4.78, 5) is 27.6. The van der Waals surface area contributed by atoms with E-state index < -0.39 is 51.2 Å². The number of aryl methyl sites for hydroxylation is 1. The van der Waals surface area contributed by atoms with Gasteiger partial charge in [0.1, 0.15) is 12.6 Å². The number of alkyl halides is 3. The Hall–Kier alpha value is -2.79. The molecule has 0 bridgehead atoms. The Morgan fingerprint density at radius 2 is 1.76 bits per heavy atom. The lowest BCUT2D eigenvalue weighted by Crippen LogP contribution is -2.52. The van der Waals surface area contributed by atoms with Crippen molar-refractivity contribution in [2.24, 2.45) is 0 Å². The summed E-state index contributed by atoms with van der Waals surface area (Å²) in [5.41, 5.74) is 0.0129. The average Bonchev–Trinajstić information content (AvgIpc) is 2.79. The van der Waals surface area contributed by atoms with Gasteiger partial charge in [0.25, 0.3) is 0 Å². The molecule has 0 aliphatic heterocycles. The van der Waals surface area contributed by atoms with Crippen molar-refractivity contribution in [3.05, 3.63) is 64.2 Å². The van der Waals surface area contributed by atoms with Crippen molar-refractivity contribution in [2.45, 2.75) is 58.9 Å². The number of carbonyl (C=O) groups excluding carboxylic acids is 2. The van der Waals surface area contributed by atoms with Crippen LogP contribution >= 0.6 is 11.6 Å². The molecule has 0 saturated heterocycles. The number of carbonyl (C=O) groups is 2. The van der Waals surface area contributed by atoms with Crippen LogP contribution in [0.3, 0.4) is 0 Å². The van der Waals surface area contributed by atoms with Crippen LogP contribution in [0.15, 0.2) is 42.5 Å². The number of hydrogen-bond donors (Lipinski definition) is 1. The van der Waals surface area contributed by atoms with Gasteiger partial charge in [-0.1, -0.05) is 48.4 Å². The minimum absolute atomic E-state index is 0.0123. The fraction of sp³-hybridized carbons (Fsp3) is 0.440. The van der Waals surface area contributed by atoms with Gasteiger partial charge in [-0.15, -0.1) is 0 Å². The number of nitrogens with zero attached hydrogens (tertiary/aromatic N) is 2. The smallest absolute Gasteiger partial charge is 0.352 e. The van der Waals surface area contributed by atoms with Gasteiger partial charge < -0.3 is 10.2 Å². The van der Waals surface area contributed by atoms with Crippen LogP contribution < -0.4 is 9.62 Å². The minimum Gasteiger partial charge on any atom is -0.352 e. The maximum Gasteiger partial charge on any atom is 0.417 e. The highest BCUT2D eigenvalue weighted by Gasteiger charge is 2.35. The molecule has 2 amide bonds. The van der Waals surface area contributed by atoms with Gasteiger partial charge in [-0.2, -0.15) is 13.2 Å². The zero-order chi connectivity index (χ0) is 28.1. The third-order valence-electron chi connectivity index (χ3n) is 5.83. The molecule has 0 saturated carbocycles. The molecular formula is C25H31ClF3N3O4S. The van der Waals surface area contributed by atoms with Gasteiger partial charge >= 0.3 is 6.18 Å². The molecule has 204 valence electrons. The van der Waals surface area contributed by atoms with Crippen molar-refractivity contribution in [1.29, 1.82) is 0 Å². The second kappa shape index (κ2) is 12.2. The summed E-state index contributed by atoms with van der Waals surface area (Å²) in [7, 11) is -4.20. The molecule has 2 rings (SSSR count). The first kappa shape index (κ1) is 30.4. The van der Waals surface area contributed by atoms with Crippen LogP contribution in [0.1, 0.15) is 43.9 Å². The molecule has 12 heteroatoms. The van der Waals surface area contributed by atoms with E-state index in [2.05, 4.69) is 5.32 Å². The minimum atomic E-state index is -4.83. The number of anilines is 1. The van der Waals surface area contributed by atoms with Gasteiger partial charge in [0.15, 0.2) is 0 Å². The van der Waals surface area contributed by atoms with Gasteiger partial charge in [0.2, 0.25) is 21.8 Å². The number of amides is 2. The molecule has 0 unspecified atom stereocenters. The van der Waals surface area contributed by atoms with Crippen molar-refractivity contribution in [3.8, 4) is 0 Å². The zero-order valence-corrected chi connectivity index (χ0v) is 22.8. The molecule has 0 aromatic heterocycles. The molecule has 37 heavy (non-hydrogen) atoms. The maximum absolute atomic E-state index is 13.5. The molecule has 1 N–H and O–H groups in total. The first-order valence-corrected chi connectivity index (χ1v) is 13.8. The van der Waals surface area contributed by atoms with E-state index in [4.69, 9.17) is 11.6 Å². The molecule has 0 aliphatic rings. The number of halogens is 4. The van der Waals surface area contributed by atoms with E-state index in [-0.39, 0.29) is 18.3 Å². The Labute approximate surface area is 220 Å². The summed E-state index contributed by atoms with van der Waals surface area (Å²) >= 11 is 5.68. The number of sulfonamides is 1. The van der Waals surface area contributed by atoms with Gasteiger partial charge in [0, 0.05) is 12.6 Å². The largest absolute Gasteiger partial charge is 0.417 e. The van der Waals surface area contributed by atoms with E-state index in [1.165, 1.54) is 11.8 Å². The highest BCUT2D eigenvalue weighted by Crippen LogP contribution is 2.37. The molecule has 2 atom stereocenters. The summed E-state index contributed by atoms with van der Waals surface area (Å²) in [6, 6.07) is 8.68. The lowest BCUT2D eigenvalue weighted by molar-refractivity contribution is -0.139. The Bertz CT molecular complexity index is 1240. The molecule has 0 aliphatic carbocycles. The van der Waals surface area contributed by atoms with Crippen LogP contribution in [-0.4, -0.2) is 50.0 Å². The first-order valence-electron chi connectivity index (χ1n) is 11.5. The van der Waals surface area contributed by atoms with Crippen LogP contribution in [0, 0.1) is 6.92 Å². The van der Waals surface area contributed by atoms with E-state index in [9.17, 15) is 31.2 Å². The van der Waals surface area contributed by atoms with E-state index in [1.54, 1.807) is 12.1 Å². The fourth-order valence-electron chi connectivity index (χ4n) is 3.55. The van der Waals surface area contributed by atoms with Crippen LogP contribution in [0.5, 0.6) is 0 Å². The topological polar surface area (TPSA) is 86.8 Å². The van der Waals surface area contributed by atoms with Gasteiger partial charge in [0.05, 0.1) is 22.5 Å². The standard InChI is InChI=1S/C25H31ClF3N3O4S/c1-6-17(3)30-24(34)18(4)31(14-19-9-7-8-16(2)12-19)23(33)15-32(37(5,35)36)20-10-11-22(26)21(13-20)25(27,28)29/h7-13,17-18H,6,14-15H2,1-5H3,(H,30,34)/t17-,18+/m0/s1. The van der Waals surface area contributed by atoms with Crippen LogP contribution in [0.25, 0.3) is 0 Å². The van der Waals surface area contributed by atoms with Crippen LogP contribution in [0.2, 0.25) is 5.02 Å². The molecule has 0 heterocycles. The predicted molar refractivity (Wildman–Crippen MR) is 138 cm³/mol. The molecule has 2 aromatic rings. The number of rotatable bonds is 10. The first-order chi connectivity index (χ1) is 17.0. The van der Waals surface area contributed by atoms with Crippen LogP contribution in [-0.2, 0) is 32.3 Å². The molecule has 2 aromatic carbocycles. The normalized spacial score (nSPS) is 13.5. The van der Waals surface area contributed by atoms with Crippen molar-refractivity contribution in [2.75, 3.05) is 17.1 Å². The average molecular weight is 562 g/mol. The number of benzene rings is 2. The summed E-state index contributed by atoms with van der Waals surface area (Å²) in [6.07, 6.45) is -3.39. The lowest BCUT2D eigenvalue weighted by atomic mass is 10.1. The molecule has 0 fully saturated rings. The van der Waals surface area contributed by atoms with E-state index >= 15 is 0 Å². The second-order valence-electron chi connectivity index (χ2n) is 8.94. The van der Waals surface area contributed by atoms with E-state index in [0.717, 1.165) is 24.0 Å². The molecule has 7 nitrogen and oxygen atoms in total. The van der Waals surface area contributed by atoms with Crippen molar-refractivity contribution in [3.63, 3.8) is 0 Å². The Morgan fingerprint density at radius 1 is 1.11 bits per heavy atom. The van der Waals surface area contributed by atoms with Gasteiger partial charge in [-0.05, 0) is 51.0 Å². The Kier molecular flexibility index (Phi) is 10.0. The maximum atomic E-state index is 13.5. The Morgan fingerprint density at radius 3 is 2.30 bits per heavy atom. The molecule has 0 radical (unpaired) electrons. The highest BCUT2D eigenvalue weighted by atomic mass is 35.5. The van der Waals surface area contributed by atoms with Gasteiger partial charge in [-0.3, -0.25) is 13.9 Å². The van der Waals surface area contributed by atoms with Crippen molar-refractivity contribution in [1.82, 2.24) is 10.2 Å². The summed E-state index contributed by atoms with van der Waals surface area (Å²) < 4.78 is 66.0. The number of nitrogens with one attached hydrogen (secondary N) is 1. The SMILES string of the molecule is CC[C@H](C)NC(=O)[C@@H](C)N(Cc1cccc(C)c1)C(=O)CN(c1ccc(Cl)c(C(F)(F)F)c1)S(C)(=O)=O. The predicted octanol–water partition coefficient (Wildman–Crippen LogP) is 4.77. The van der Waals surface area contributed by atoms with Crippen LogP contribution in [0.4, 0.5) is 18.9 Å². The fourth-order valence-corrected chi connectivity index (χ4v) is 4.62. The van der Waals surface area contributed by atoms with Gasteiger partial charge in [-0.25, -0.2) is 8.42 Å². The number of hydrogen-bond acceptors (Lipinski definition) is 4. The third-order valence-corrected chi connectivity index (χ3v) is 7.30. The lowest BCUT2D eigenvalue weighted by Gasteiger charge is -2.32. The molecule has 0 spiro atoms. The van der Waals surface area contributed by atoms with E-state index in [0.29, 0.717) is 22.4 Å².